The van der Waals surface area contributed by atoms with Gasteiger partial charge in [-0.3, -0.25) is 0 Å². The molecule has 0 bridgehead atoms. The smallest absolute Gasteiger partial charge is 0.128 e. The van der Waals surface area contributed by atoms with Crippen LogP contribution < -0.4 is 10.5 Å². The lowest BCUT2D eigenvalue weighted by Gasteiger charge is -2.06. The van der Waals surface area contributed by atoms with Crippen LogP contribution in [-0.4, -0.2) is 22.3 Å². The Labute approximate surface area is 131 Å². The topological polar surface area (TPSA) is 61.0 Å². The zero-order chi connectivity index (χ0) is 14.7. The van der Waals surface area contributed by atoms with Crippen molar-refractivity contribution in [1.82, 2.24) is 9.97 Å². The molecular weight excluding hydrogens is 302 g/mol. The van der Waals surface area contributed by atoms with Crippen molar-refractivity contribution >= 4 is 39.0 Å². The molecule has 0 fully saturated rings. The summed E-state index contributed by atoms with van der Waals surface area (Å²) < 4.78 is 5.68. The van der Waals surface area contributed by atoms with Crippen LogP contribution in [0.2, 0.25) is 0 Å². The average molecular weight is 317 g/mol. The number of ether oxygens (including phenoxy) is 1. The first-order valence-electron chi connectivity index (χ1n) is 6.54. The van der Waals surface area contributed by atoms with E-state index in [0.29, 0.717) is 6.61 Å². The van der Waals surface area contributed by atoms with E-state index in [0.717, 1.165) is 32.4 Å². The van der Waals surface area contributed by atoms with E-state index in [2.05, 4.69) is 23.0 Å². The van der Waals surface area contributed by atoms with Crippen LogP contribution in [-0.2, 0) is 0 Å². The van der Waals surface area contributed by atoms with E-state index < -0.39 is 0 Å². The second-order valence-electron chi connectivity index (χ2n) is 4.52. The van der Waals surface area contributed by atoms with E-state index >= 15 is 0 Å². The highest BCUT2D eigenvalue weighted by Crippen LogP contribution is 2.30. The quantitative estimate of drug-likeness (QED) is 0.336. The fourth-order valence-electron chi connectivity index (χ4n) is 1.93. The lowest BCUT2D eigenvalue weighted by Crippen LogP contribution is -2.00. The van der Waals surface area contributed by atoms with Gasteiger partial charge in [-0.1, -0.05) is 0 Å². The second-order valence-corrected chi connectivity index (χ2v) is 6.84. The third kappa shape index (κ3) is 3.46. The molecule has 21 heavy (non-hydrogen) atoms. The lowest BCUT2D eigenvalue weighted by atomic mass is 10.3. The first-order chi connectivity index (χ1) is 10.2. The minimum absolute atomic E-state index is 0.628. The molecule has 2 N–H and O–H groups in total. The van der Waals surface area contributed by atoms with Crippen molar-refractivity contribution in [2.24, 2.45) is 0 Å². The molecule has 0 aliphatic heterocycles. The molecule has 108 valence electrons. The van der Waals surface area contributed by atoms with Gasteiger partial charge < -0.3 is 10.5 Å². The molecule has 0 unspecified atom stereocenters. The summed E-state index contributed by atoms with van der Waals surface area (Å²) in [4.78, 5) is 11.0. The summed E-state index contributed by atoms with van der Waals surface area (Å²) in [7, 11) is 0. The number of fused-ring (bicyclic) bond motifs is 1. The molecule has 3 rings (SSSR count). The van der Waals surface area contributed by atoms with Gasteiger partial charge in [0.05, 0.1) is 6.61 Å². The van der Waals surface area contributed by atoms with Crippen molar-refractivity contribution in [3.63, 3.8) is 0 Å². The van der Waals surface area contributed by atoms with Gasteiger partial charge in [-0.05, 0) is 37.3 Å². The zero-order valence-electron chi connectivity index (χ0n) is 11.6. The number of thiophene rings is 1. The van der Waals surface area contributed by atoms with Crippen LogP contribution in [0, 0.1) is 6.92 Å². The number of aromatic nitrogens is 2. The van der Waals surface area contributed by atoms with Gasteiger partial charge in [0, 0.05) is 21.7 Å². The van der Waals surface area contributed by atoms with Crippen LogP contribution >= 0.6 is 23.1 Å². The first-order valence-corrected chi connectivity index (χ1v) is 8.35. The van der Waals surface area contributed by atoms with Crippen molar-refractivity contribution < 1.29 is 4.74 Å². The molecule has 2 aromatic heterocycles. The Morgan fingerprint density at radius 3 is 2.86 bits per heavy atom. The summed E-state index contributed by atoms with van der Waals surface area (Å²) in [5.41, 5.74) is 6.38. The number of nitrogen functional groups attached to an aromatic ring is 1. The molecule has 0 atom stereocenters. The largest absolute Gasteiger partial charge is 0.493 e. The number of hydrogen-bond acceptors (Lipinski definition) is 6. The lowest BCUT2D eigenvalue weighted by molar-refractivity contribution is 0.344. The van der Waals surface area contributed by atoms with Gasteiger partial charge in [0.1, 0.15) is 21.9 Å². The van der Waals surface area contributed by atoms with E-state index in [1.54, 1.807) is 29.4 Å². The summed E-state index contributed by atoms with van der Waals surface area (Å²) in [6, 6.07) is 9.58. The van der Waals surface area contributed by atoms with Crippen LogP contribution in [0.5, 0.6) is 5.75 Å². The number of rotatable bonds is 5. The Morgan fingerprint density at radius 2 is 2.05 bits per heavy atom. The number of nitrogens with two attached hydrogens (primary N) is 1. The number of thioether (sulfide) groups is 1. The molecule has 4 nitrogen and oxygen atoms in total. The molecule has 0 radical (unpaired) electrons. The Bertz CT molecular complexity index is 740. The van der Waals surface area contributed by atoms with E-state index in [4.69, 9.17) is 10.5 Å². The van der Waals surface area contributed by atoms with Crippen molar-refractivity contribution in [2.75, 3.05) is 18.1 Å². The molecule has 0 saturated heterocycles. The minimum Gasteiger partial charge on any atom is -0.493 e. The summed E-state index contributed by atoms with van der Waals surface area (Å²) in [6.07, 6.45) is 1.63. The van der Waals surface area contributed by atoms with E-state index in [1.807, 2.05) is 24.3 Å². The highest BCUT2D eigenvalue weighted by atomic mass is 32.2. The Balaban J connectivity index is 1.58. The molecule has 0 saturated carbocycles. The van der Waals surface area contributed by atoms with E-state index in [-0.39, 0.29) is 0 Å². The number of benzene rings is 1. The van der Waals surface area contributed by atoms with Gasteiger partial charge in [0.15, 0.2) is 0 Å². The van der Waals surface area contributed by atoms with Gasteiger partial charge in [0.25, 0.3) is 0 Å². The third-order valence-electron chi connectivity index (χ3n) is 2.89. The molecule has 0 spiro atoms. The SMILES string of the molecule is Cc1cc2c(SCCOc3ccc(N)cc3)ncnc2s1. The van der Waals surface area contributed by atoms with Gasteiger partial charge in [-0.25, -0.2) is 9.97 Å². The normalized spacial score (nSPS) is 10.9. The highest BCUT2D eigenvalue weighted by Gasteiger charge is 2.07. The van der Waals surface area contributed by atoms with E-state index in [9.17, 15) is 0 Å². The van der Waals surface area contributed by atoms with Crippen LogP contribution in [0.4, 0.5) is 5.69 Å². The van der Waals surface area contributed by atoms with Crippen molar-refractivity contribution in [3.8, 4) is 5.75 Å². The van der Waals surface area contributed by atoms with E-state index in [1.165, 1.54) is 4.88 Å². The molecule has 3 aromatic rings. The second kappa shape index (κ2) is 6.32. The maximum Gasteiger partial charge on any atom is 0.128 e. The van der Waals surface area contributed by atoms with Gasteiger partial charge in [-0.2, -0.15) is 0 Å². The summed E-state index contributed by atoms with van der Waals surface area (Å²) in [5, 5.41) is 2.16. The Hall–Kier alpha value is -1.79. The molecule has 1 aromatic carbocycles. The maximum absolute atomic E-state index is 5.68. The summed E-state index contributed by atoms with van der Waals surface area (Å²) >= 11 is 3.39. The first kappa shape index (κ1) is 14.2. The monoisotopic (exact) mass is 317 g/mol. The van der Waals surface area contributed by atoms with Crippen LogP contribution in [0.15, 0.2) is 41.7 Å². The number of anilines is 1. The molecule has 2 heterocycles. The molecule has 0 aliphatic rings. The third-order valence-corrected chi connectivity index (χ3v) is 4.82. The van der Waals surface area contributed by atoms with Crippen molar-refractivity contribution in [2.45, 2.75) is 11.9 Å². The summed E-state index contributed by atoms with van der Waals surface area (Å²) in [6.45, 7) is 2.72. The predicted molar refractivity (Wildman–Crippen MR) is 89.2 cm³/mol. The van der Waals surface area contributed by atoms with Crippen molar-refractivity contribution in [3.05, 3.63) is 41.5 Å². The van der Waals surface area contributed by atoms with Gasteiger partial charge in [0.2, 0.25) is 0 Å². The fraction of sp³-hybridized carbons (Fsp3) is 0.200. The van der Waals surface area contributed by atoms with Gasteiger partial charge >= 0.3 is 0 Å². The number of aryl methyl sites for hydroxylation is 1. The summed E-state index contributed by atoms with van der Waals surface area (Å²) in [5.74, 6) is 1.68. The standard InChI is InChI=1S/C15H15N3OS2/c1-10-8-13-14(17-9-18-15(13)21-10)20-7-6-19-12-4-2-11(16)3-5-12/h2-5,8-9H,6-7,16H2,1H3. The van der Waals surface area contributed by atoms with Crippen LogP contribution in [0.25, 0.3) is 10.2 Å². The number of hydrogen-bond donors (Lipinski definition) is 1. The fourth-order valence-corrected chi connectivity index (χ4v) is 3.64. The van der Waals surface area contributed by atoms with Crippen LogP contribution in [0.3, 0.4) is 0 Å². The minimum atomic E-state index is 0.628. The predicted octanol–water partition coefficient (Wildman–Crippen LogP) is 3.75. The zero-order valence-corrected chi connectivity index (χ0v) is 13.2. The molecule has 0 aliphatic carbocycles. The molecule has 6 heteroatoms. The highest BCUT2D eigenvalue weighted by molar-refractivity contribution is 7.99. The maximum atomic E-state index is 5.68. The molecule has 0 amide bonds. The average Bonchev–Trinajstić information content (AvgIpc) is 2.86. The number of nitrogens with zero attached hydrogens (tertiary/aromatic N) is 2. The van der Waals surface area contributed by atoms with Gasteiger partial charge in [-0.15, -0.1) is 23.1 Å². The van der Waals surface area contributed by atoms with Crippen molar-refractivity contribution in [1.29, 1.82) is 0 Å². The van der Waals surface area contributed by atoms with Crippen LogP contribution in [0.1, 0.15) is 4.88 Å². The Morgan fingerprint density at radius 1 is 1.24 bits per heavy atom. The molecular formula is C15H15N3OS2. The Kier molecular flexibility index (Phi) is 4.26.